The lowest BCUT2D eigenvalue weighted by Gasteiger charge is -2.38. The van der Waals surface area contributed by atoms with E-state index in [1.807, 2.05) is 62.1 Å². The summed E-state index contributed by atoms with van der Waals surface area (Å²) in [7, 11) is 1.67. The van der Waals surface area contributed by atoms with Crippen LogP contribution in [-0.2, 0) is 4.79 Å². The highest BCUT2D eigenvalue weighted by molar-refractivity contribution is 5.97. The van der Waals surface area contributed by atoms with Gasteiger partial charge in [0.25, 0.3) is 5.91 Å². The van der Waals surface area contributed by atoms with Crippen LogP contribution in [0.4, 0.5) is 5.69 Å². The zero-order valence-electron chi connectivity index (χ0n) is 18.2. The van der Waals surface area contributed by atoms with E-state index in [0.717, 1.165) is 30.1 Å². The number of nitrogens with one attached hydrogen (secondary N) is 1. The number of hydrogen-bond donors (Lipinski definition) is 1. The Morgan fingerprint density at radius 2 is 1.60 bits per heavy atom. The fourth-order valence-electron chi connectivity index (χ4n) is 3.70. The van der Waals surface area contributed by atoms with E-state index in [1.54, 1.807) is 19.2 Å². The molecule has 1 atom stereocenters. The molecule has 0 aliphatic carbocycles. The van der Waals surface area contributed by atoms with Crippen molar-refractivity contribution in [2.75, 3.05) is 38.2 Å². The van der Waals surface area contributed by atoms with Crippen LogP contribution in [0.25, 0.3) is 0 Å². The van der Waals surface area contributed by atoms with Crippen LogP contribution in [-0.4, -0.2) is 56.0 Å². The number of piperazine rings is 1. The number of ether oxygens (including phenoxy) is 1. The van der Waals surface area contributed by atoms with E-state index in [-0.39, 0.29) is 17.7 Å². The maximum atomic E-state index is 13.2. The minimum Gasteiger partial charge on any atom is -0.495 e. The molecule has 0 spiro atoms. The van der Waals surface area contributed by atoms with Gasteiger partial charge in [-0.2, -0.15) is 0 Å². The molecule has 1 saturated heterocycles. The highest BCUT2D eigenvalue weighted by atomic mass is 16.5. The quantitative estimate of drug-likeness (QED) is 0.796. The first-order valence-corrected chi connectivity index (χ1v) is 10.4. The predicted molar refractivity (Wildman–Crippen MR) is 119 cm³/mol. The molecule has 0 saturated carbocycles. The Bertz CT molecular complexity index is 872. The Hall–Kier alpha value is -3.02. The van der Waals surface area contributed by atoms with Gasteiger partial charge in [-0.1, -0.05) is 43.7 Å². The number of nitrogens with zero attached hydrogens (tertiary/aromatic N) is 2. The second kappa shape index (κ2) is 9.65. The second-order valence-electron chi connectivity index (χ2n) is 8.05. The van der Waals surface area contributed by atoms with Gasteiger partial charge in [0.1, 0.15) is 11.8 Å². The Kier molecular flexibility index (Phi) is 6.98. The van der Waals surface area contributed by atoms with E-state index in [0.29, 0.717) is 18.7 Å². The third-order valence-corrected chi connectivity index (χ3v) is 5.55. The van der Waals surface area contributed by atoms with Crippen molar-refractivity contribution in [2.45, 2.75) is 26.8 Å². The SMILES string of the molecule is COc1ccccc1N1CCN(C(=O)[C@@H](NC(=O)c2ccc(C)cc2)C(C)C)CC1. The average molecular weight is 410 g/mol. The molecule has 2 amide bonds. The Morgan fingerprint density at radius 1 is 0.967 bits per heavy atom. The molecule has 0 radical (unpaired) electrons. The van der Waals surface area contributed by atoms with Gasteiger partial charge in [0.05, 0.1) is 12.8 Å². The van der Waals surface area contributed by atoms with E-state index in [9.17, 15) is 9.59 Å². The fraction of sp³-hybridized carbons (Fsp3) is 0.417. The van der Waals surface area contributed by atoms with E-state index >= 15 is 0 Å². The second-order valence-corrected chi connectivity index (χ2v) is 8.05. The number of methoxy groups -OCH3 is 1. The summed E-state index contributed by atoms with van der Waals surface area (Å²) in [4.78, 5) is 29.9. The monoisotopic (exact) mass is 409 g/mol. The van der Waals surface area contributed by atoms with Crippen molar-refractivity contribution in [3.8, 4) is 5.75 Å². The molecule has 160 valence electrons. The minimum absolute atomic E-state index is 0.000791. The molecule has 6 heteroatoms. The summed E-state index contributed by atoms with van der Waals surface area (Å²) >= 11 is 0. The normalized spacial score (nSPS) is 15.1. The fourth-order valence-corrected chi connectivity index (χ4v) is 3.70. The van der Waals surface area contributed by atoms with Crippen LogP contribution in [0.3, 0.4) is 0 Å². The highest BCUT2D eigenvalue weighted by Gasteiger charge is 2.31. The van der Waals surface area contributed by atoms with Crippen LogP contribution in [0, 0.1) is 12.8 Å². The van der Waals surface area contributed by atoms with Gasteiger partial charge in [0.15, 0.2) is 0 Å². The van der Waals surface area contributed by atoms with Crippen LogP contribution in [0.1, 0.15) is 29.8 Å². The third-order valence-electron chi connectivity index (χ3n) is 5.55. The number of aryl methyl sites for hydroxylation is 1. The van der Waals surface area contributed by atoms with Gasteiger partial charge in [-0.25, -0.2) is 0 Å². The molecular weight excluding hydrogens is 378 g/mol. The van der Waals surface area contributed by atoms with Crippen molar-refractivity contribution in [2.24, 2.45) is 5.92 Å². The number of rotatable bonds is 6. The van der Waals surface area contributed by atoms with Gasteiger partial charge < -0.3 is 19.9 Å². The molecule has 0 aromatic heterocycles. The van der Waals surface area contributed by atoms with E-state index in [4.69, 9.17) is 4.74 Å². The van der Waals surface area contributed by atoms with Gasteiger partial charge in [0, 0.05) is 31.7 Å². The lowest BCUT2D eigenvalue weighted by molar-refractivity contribution is -0.134. The molecule has 2 aromatic rings. The molecule has 6 nitrogen and oxygen atoms in total. The number of anilines is 1. The Balaban J connectivity index is 1.64. The lowest BCUT2D eigenvalue weighted by atomic mass is 10.0. The van der Waals surface area contributed by atoms with Crippen molar-refractivity contribution in [3.63, 3.8) is 0 Å². The molecule has 30 heavy (non-hydrogen) atoms. The minimum atomic E-state index is -0.545. The van der Waals surface area contributed by atoms with Crippen molar-refractivity contribution in [1.29, 1.82) is 0 Å². The predicted octanol–water partition coefficient (Wildman–Crippen LogP) is 3.11. The summed E-state index contributed by atoms with van der Waals surface area (Å²) in [6.07, 6.45) is 0. The van der Waals surface area contributed by atoms with Gasteiger partial charge in [-0.05, 0) is 37.1 Å². The number of amides is 2. The molecule has 1 aliphatic rings. The summed E-state index contributed by atoms with van der Waals surface area (Å²) in [5.41, 5.74) is 2.70. The number of hydrogen-bond acceptors (Lipinski definition) is 4. The highest BCUT2D eigenvalue weighted by Crippen LogP contribution is 2.28. The van der Waals surface area contributed by atoms with Crippen LogP contribution >= 0.6 is 0 Å². The third kappa shape index (κ3) is 4.93. The molecule has 1 heterocycles. The van der Waals surface area contributed by atoms with Crippen molar-refractivity contribution in [1.82, 2.24) is 10.2 Å². The van der Waals surface area contributed by atoms with Crippen LogP contribution in [0.2, 0.25) is 0 Å². The number of carbonyl (C=O) groups excluding carboxylic acids is 2. The van der Waals surface area contributed by atoms with Crippen LogP contribution in [0.5, 0.6) is 5.75 Å². The molecule has 0 bridgehead atoms. The van der Waals surface area contributed by atoms with Crippen LogP contribution < -0.4 is 15.0 Å². The van der Waals surface area contributed by atoms with E-state index in [2.05, 4.69) is 10.2 Å². The topological polar surface area (TPSA) is 61.9 Å². The number of carbonyl (C=O) groups is 2. The van der Waals surface area contributed by atoms with Crippen molar-refractivity contribution in [3.05, 3.63) is 59.7 Å². The summed E-state index contributed by atoms with van der Waals surface area (Å²) in [5, 5.41) is 2.95. The molecule has 2 aromatic carbocycles. The lowest BCUT2D eigenvalue weighted by Crippen LogP contribution is -2.56. The first-order chi connectivity index (χ1) is 14.4. The summed E-state index contributed by atoms with van der Waals surface area (Å²) in [6, 6.07) is 14.8. The molecular formula is C24H31N3O3. The van der Waals surface area contributed by atoms with E-state index in [1.165, 1.54) is 0 Å². The van der Waals surface area contributed by atoms with Crippen molar-refractivity contribution >= 4 is 17.5 Å². The first kappa shape index (κ1) is 21.7. The summed E-state index contributed by atoms with van der Waals surface area (Å²) in [5.74, 6) is 0.599. The summed E-state index contributed by atoms with van der Waals surface area (Å²) in [6.45, 7) is 8.58. The standard InChI is InChI=1S/C24H31N3O3/c1-17(2)22(25-23(28)19-11-9-18(3)10-12-19)24(29)27-15-13-26(14-16-27)20-7-5-6-8-21(20)30-4/h5-12,17,22H,13-16H2,1-4H3,(H,25,28)/t22-/m0/s1. The zero-order valence-corrected chi connectivity index (χ0v) is 18.2. The van der Waals surface area contributed by atoms with Gasteiger partial charge >= 0.3 is 0 Å². The van der Waals surface area contributed by atoms with Gasteiger partial charge in [0.2, 0.25) is 5.91 Å². The number of para-hydroxylation sites is 2. The average Bonchev–Trinajstić information content (AvgIpc) is 2.77. The maximum Gasteiger partial charge on any atom is 0.251 e. The van der Waals surface area contributed by atoms with Gasteiger partial charge in [-0.3, -0.25) is 9.59 Å². The van der Waals surface area contributed by atoms with Gasteiger partial charge in [-0.15, -0.1) is 0 Å². The molecule has 3 rings (SSSR count). The zero-order chi connectivity index (χ0) is 21.7. The van der Waals surface area contributed by atoms with E-state index < -0.39 is 6.04 Å². The van der Waals surface area contributed by atoms with Crippen molar-refractivity contribution < 1.29 is 14.3 Å². The molecule has 1 aliphatic heterocycles. The summed E-state index contributed by atoms with van der Waals surface area (Å²) < 4.78 is 5.47. The largest absolute Gasteiger partial charge is 0.495 e. The first-order valence-electron chi connectivity index (χ1n) is 10.4. The smallest absolute Gasteiger partial charge is 0.251 e. The Morgan fingerprint density at radius 3 is 2.20 bits per heavy atom. The molecule has 0 unspecified atom stereocenters. The molecule has 1 fully saturated rings. The Labute approximate surface area is 178 Å². The van der Waals surface area contributed by atoms with Crippen LogP contribution in [0.15, 0.2) is 48.5 Å². The molecule has 1 N–H and O–H groups in total. The maximum absolute atomic E-state index is 13.2. The number of benzene rings is 2.